The van der Waals surface area contributed by atoms with Crippen molar-refractivity contribution >= 4 is 0 Å². The van der Waals surface area contributed by atoms with Gasteiger partial charge in [-0.3, -0.25) is 0 Å². The zero-order valence-electron chi connectivity index (χ0n) is 7.43. The number of nitrogens with zero attached hydrogens (tertiary/aromatic N) is 3. The Bertz CT molecular complexity index is 279. The van der Waals surface area contributed by atoms with Crippen LogP contribution in [0.3, 0.4) is 0 Å². The van der Waals surface area contributed by atoms with Crippen LogP contribution in [0, 0.1) is 5.92 Å². The van der Waals surface area contributed by atoms with E-state index in [1.54, 1.807) is 6.20 Å². The molecule has 0 unspecified atom stereocenters. The van der Waals surface area contributed by atoms with Gasteiger partial charge in [0.15, 0.2) is 0 Å². The third-order valence-electron chi connectivity index (χ3n) is 2.64. The molecule has 0 amide bonds. The highest BCUT2D eigenvalue weighted by molar-refractivity contribution is 4.93. The minimum Gasteiger partial charge on any atom is -0.390 e. The van der Waals surface area contributed by atoms with E-state index in [-0.39, 0.29) is 6.61 Å². The molecule has 0 radical (unpaired) electrons. The van der Waals surface area contributed by atoms with E-state index in [4.69, 9.17) is 10.8 Å². The molecule has 2 rings (SSSR count). The van der Waals surface area contributed by atoms with Gasteiger partial charge < -0.3 is 10.8 Å². The van der Waals surface area contributed by atoms with Crippen molar-refractivity contribution < 1.29 is 5.11 Å². The Morgan fingerprint density at radius 3 is 2.92 bits per heavy atom. The number of nitrogens with two attached hydrogens (primary N) is 1. The van der Waals surface area contributed by atoms with Gasteiger partial charge >= 0.3 is 0 Å². The van der Waals surface area contributed by atoms with Gasteiger partial charge in [-0.2, -0.15) is 0 Å². The molecule has 1 fully saturated rings. The van der Waals surface area contributed by atoms with Gasteiger partial charge in [0.25, 0.3) is 0 Å². The minimum absolute atomic E-state index is 0.0347. The highest BCUT2D eigenvalue weighted by atomic mass is 16.3. The van der Waals surface area contributed by atoms with E-state index in [0.717, 1.165) is 19.4 Å². The van der Waals surface area contributed by atoms with Gasteiger partial charge in [0.1, 0.15) is 5.69 Å². The topological polar surface area (TPSA) is 77.0 Å². The molecule has 1 aromatic heterocycles. The number of hydrogen-bond donors (Lipinski definition) is 2. The molecule has 3 N–H and O–H groups in total. The van der Waals surface area contributed by atoms with Crippen molar-refractivity contribution in [1.82, 2.24) is 15.0 Å². The molecule has 0 aromatic carbocycles. The summed E-state index contributed by atoms with van der Waals surface area (Å²) in [5.41, 5.74) is 6.16. The summed E-state index contributed by atoms with van der Waals surface area (Å²) >= 11 is 0. The van der Waals surface area contributed by atoms with Crippen molar-refractivity contribution in [1.29, 1.82) is 0 Å². The first-order valence-corrected chi connectivity index (χ1v) is 4.55. The van der Waals surface area contributed by atoms with Crippen molar-refractivity contribution in [2.75, 3.05) is 6.54 Å². The zero-order chi connectivity index (χ0) is 9.26. The smallest absolute Gasteiger partial charge is 0.108 e. The van der Waals surface area contributed by atoms with Gasteiger partial charge in [-0.15, -0.1) is 5.10 Å². The molecule has 5 nitrogen and oxygen atoms in total. The van der Waals surface area contributed by atoms with Crippen molar-refractivity contribution in [2.45, 2.75) is 25.5 Å². The van der Waals surface area contributed by atoms with Crippen LogP contribution in [-0.2, 0) is 6.61 Å². The number of aliphatic hydroxyl groups excluding tert-OH is 1. The third-order valence-corrected chi connectivity index (χ3v) is 2.64. The van der Waals surface area contributed by atoms with E-state index in [9.17, 15) is 0 Å². The van der Waals surface area contributed by atoms with Gasteiger partial charge in [0.2, 0.25) is 0 Å². The molecule has 72 valence electrons. The van der Waals surface area contributed by atoms with Crippen molar-refractivity contribution in [3.63, 3.8) is 0 Å². The maximum absolute atomic E-state index is 8.79. The fourth-order valence-corrected chi connectivity index (χ4v) is 1.67. The van der Waals surface area contributed by atoms with E-state index in [0.29, 0.717) is 17.7 Å². The second kappa shape index (κ2) is 3.43. The van der Waals surface area contributed by atoms with Crippen LogP contribution >= 0.6 is 0 Å². The van der Waals surface area contributed by atoms with E-state index in [1.807, 2.05) is 4.68 Å². The largest absolute Gasteiger partial charge is 0.390 e. The molecule has 0 bridgehead atoms. The lowest BCUT2D eigenvalue weighted by atomic mass is 9.80. The third kappa shape index (κ3) is 1.57. The zero-order valence-corrected chi connectivity index (χ0v) is 7.43. The van der Waals surface area contributed by atoms with Crippen LogP contribution in [0.4, 0.5) is 0 Å². The van der Waals surface area contributed by atoms with E-state index in [2.05, 4.69) is 10.3 Å². The predicted octanol–water partition coefficient (Wildman–Crippen LogP) is -0.320. The van der Waals surface area contributed by atoms with E-state index < -0.39 is 0 Å². The van der Waals surface area contributed by atoms with Crippen molar-refractivity contribution in [2.24, 2.45) is 11.7 Å². The number of aromatic nitrogens is 3. The van der Waals surface area contributed by atoms with Crippen LogP contribution in [0.2, 0.25) is 0 Å². The first-order valence-electron chi connectivity index (χ1n) is 4.55. The second-order valence-electron chi connectivity index (χ2n) is 3.57. The second-order valence-corrected chi connectivity index (χ2v) is 3.57. The molecule has 1 aromatic rings. The number of aliphatic hydroxyl groups is 1. The lowest BCUT2D eigenvalue weighted by Crippen LogP contribution is -2.32. The molecule has 1 aliphatic carbocycles. The highest BCUT2D eigenvalue weighted by Gasteiger charge is 2.29. The summed E-state index contributed by atoms with van der Waals surface area (Å²) in [4.78, 5) is 0. The molecule has 0 atom stereocenters. The van der Waals surface area contributed by atoms with Crippen molar-refractivity contribution in [3.8, 4) is 0 Å². The number of hydrogen-bond acceptors (Lipinski definition) is 4. The van der Waals surface area contributed by atoms with Crippen LogP contribution in [0.25, 0.3) is 0 Å². The highest BCUT2D eigenvalue weighted by Crippen LogP contribution is 2.36. The van der Waals surface area contributed by atoms with Gasteiger partial charge in [0, 0.05) is 0 Å². The molecule has 0 saturated heterocycles. The quantitative estimate of drug-likeness (QED) is 0.671. The lowest BCUT2D eigenvalue weighted by molar-refractivity contribution is 0.187. The minimum atomic E-state index is -0.0347. The Labute approximate surface area is 76.5 Å². The summed E-state index contributed by atoms with van der Waals surface area (Å²) in [7, 11) is 0. The molecule has 0 aliphatic heterocycles. The summed E-state index contributed by atoms with van der Waals surface area (Å²) in [6, 6.07) is 0.446. The first-order chi connectivity index (χ1) is 6.33. The lowest BCUT2D eigenvalue weighted by Gasteiger charge is -2.33. The fraction of sp³-hybridized carbons (Fsp3) is 0.750. The molecular weight excluding hydrogens is 168 g/mol. The maximum atomic E-state index is 8.79. The van der Waals surface area contributed by atoms with Gasteiger partial charge in [-0.25, -0.2) is 4.68 Å². The fourth-order valence-electron chi connectivity index (χ4n) is 1.67. The average Bonchev–Trinajstić information content (AvgIpc) is 2.51. The summed E-state index contributed by atoms with van der Waals surface area (Å²) in [5.74, 6) is 0.645. The molecule has 1 heterocycles. The van der Waals surface area contributed by atoms with Gasteiger partial charge in [-0.05, 0) is 25.3 Å². The normalized spacial score (nSPS) is 27.2. The number of rotatable bonds is 3. The standard InChI is InChI=1S/C8H14N4O/c9-3-6-1-8(2-6)12-4-7(5-13)10-11-12/h4,6,8,13H,1-3,5,9H2. The Kier molecular flexibility index (Phi) is 2.28. The monoisotopic (exact) mass is 182 g/mol. The van der Waals surface area contributed by atoms with Crippen molar-refractivity contribution in [3.05, 3.63) is 11.9 Å². The van der Waals surface area contributed by atoms with Gasteiger partial charge in [-0.1, -0.05) is 5.21 Å². The molecule has 0 spiro atoms. The summed E-state index contributed by atoms with van der Waals surface area (Å²) in [5, 5.41) is 16.5. The van der Waals surface area contributed by atoms with Crippen LogP contribution in [0.5, 0.6) is 0 Å². The van der Waals surface area contributed by atoms with Crippen LogP contribution in [0.15, 0.2) is 6.20 Å². The Balaban J connectivity index is 1.95. The summed E-state index contributed by atoms with van der Waals surface area (Å²) < 4.78 is 1.83. The SMILES string of the molecule is NCC1CC(n2cc(CO)nn2)C1. The Hall–Kier alpha value is -0.940. The van der Waals surface area contributed by atoms with Gasteiger partial charge in [0.05, 0.1) is 18.8 Å². The predicted molar refractivity (Wildman–Crippen MR) is 46.8 cm³/mol. The Morgan fingerprint density at radius 2 is 2.38 bits per heavy atom. The molecule has 1 saturated carbocycles. The summed E-state index contributed by atoms with van der Waals surface area (Å²) in [6.45, 7) is 0.727. The summed E-state index contributed by atoms with van der Waals surface area (Å²) in [6.07, 6.45) is 3.98. The van der Waals surface area contributed by atoms with Crippen LogP contribution in [-0.4, -0.2) is 26.6 Å². The molecule has 1 aliphatic rings. The van der Waals surface area contributed by atoms with E-state index >= 15 is 0 Å². The first kappa shape index (κ1) is 8.65. The van der Waals surface area contributed by atoms with E-state index in [1.165, 1.54) is 0 Å². The molecular formula is C8H14N4O. The Morgan fingerprint density at radius 1 is 1.62 bits per heavy atom. The molecule has 5 heteroatoms. The average molecular weight is 182 g/mol. The van der Waals surface area contributed by atoms with Crippen LogP contribution in [0.1, 0.15) is 24.6 Å². The van der Waals surface area contributed by atoms with Crippen LogP contribution < -0.4 is 5.73 Å². The maximum Gasteiger partial charge on any atom is 0.108 e. The molecule has 13 heavy (non-hydrogen) atoms.